The average Bonchev–Trinajstić information content (AvgIpc) is 3.31. The summed E-state index contributed by atoms with van der Waals surface area (Å²) in [6, 6.07) is 22.7. The van der Waals surface area contributed by atoms with Crippen molar-refractivity contribution in [3.63, 3.8) is 0 Å². The van der Waals surface area contributed by atoms with E-state index in [-0.39, 0.29) is 18.5 Å². The number of fused-ring (bicyclic) bond motifs is 1. The fourth-order valence-electron chi connectivity index (χ4n) is 3.79. The zero-order chi connectivity index (χ0) is 22.8. The van der Waals surface area contributed by atoms with Crippen LogP contribution >= 0.6 is 11.6 Å². The van der Waals surface area contributed by atoms with Crippen LogP contribution in [0.2, 0.25) is 5.02 Å². The second kappa shape index (κ2) is 8.84. The number of benzene rings is 3. The lowest BCUT2D eigenvalue weighted by Gasteiger charge is -2.32. The molecule has 164 valence electrons. The van der Waals surface area contributed by atoms with Gasteiger partial charge < -0.3 is 5.32 Å². The number of aromatic nitrogens is 4. The van der Waals surface area contributed by atoms with E-state index >= 15 is 0 Å². The molecule has 0 aliphatic carbocycles. The molecule has 0 bridgehead atoms. The van der Waals surface area contributed by atoms with Crippen molar-refractivity contribution in [3.8, 4) is 0 Å². The Labute approximate surface area is 194 Å². The van der Waals surface area contributed by atoms with E-state index in [0.717, 1.165) is 16.8 Å². The summed E-state index contributed by atoms with van der Waals surface area (Å²) in [5, 5.41) is 15.6. The van der Waals surface area contributed by atoms with Crippen molar-refractivity contribution in [1.82, 2.24) is 20.2 Å². The monoisotopic (exact) mass is 460 g/mol. The Balaban J connectivity index is 1.53. The van der Waals surface area contributed by atoms with Crippen LogP contribution in [0.4, 0.5) is 16.0 Å². The fraction of sp³-hybridized carbons (Fsp3) is 0.0833. The van der Waals surface area contributed by atoms with Gasteiger partial charge in [-0.3, -0.25) is 9.69 Å². The van der Waals surface area contributed by atoms with Crippen LogP contribution < -0.4 is 10.2 Å². The smallest absolute Gasteiger partial charge is 0.251 e. The lowest BCUT2D eigenvalue weighted by molar-refractivity contribution is -0.114. The van der Waals surface area contributed by atoms with E-state index in [1.807, 2.05) is 48.5 Å². The fourth-order valence-corrected chi connectivity index (χ4v) is 3.92. The summed E-state index contributed by atoms with van der Waals surface area (Å²) in [5.41, 5.74) is 2.99. The van der Waals surface area contributed by atoms with E-state index in [1.165, 1.54) is 18.2 Å². The number of amides is 1. The molecule has 0 fully saturated rings. The van der Waals surface area contributed by atoms with Crippen molar-refractivity contribution in [2.24, 2.45) is 0 Å². The molecule has 0 saturated heterocycles. The number of carbonyl (C=O) groups is 1. The standard InChI is InChI=1S/C24H18ClFN6O/c25-18-11-9-17(10-12-18)21-14-22(16-5-2-1-3-6-16)32-24(28-29-30-32)31(21)15-23(33)27-20-8-4-7-19(26)13-20/h1-14,22H,15H2,(H,27,33)/t22-/m0/s1. The summed E-state index contributed by atoms with van der Waals surface area (Å²) in [4.78, 5) is 14.6. The molecule has 1 aromatic heterocycles. The topological polar surface area (TPSA) is 75.9 Å². The van der Waals surface area contributed by atoms with Gasteiger partial charge in [-0.25, -0.2) is 4.39 Å². The van der Waals surface area contributed by atoms with Crippen LogP contribution in [-0.4, -0.2) is 32.7 Å². The Bertz CT molecular complexity index is 1320. The van der Waals surface area contributed by atoms with E-state index < -0.39 is 5.82 Å². The Morgan fingerprint density at radius 1 is 1.03 bits per heavy atom. The van der Waals surface area contributed by atoms with Crippen LogP contribution in [0, 0.1) is 5.82 Å². The molecule has 3 aromatic carbocycles. The molecule has 4 aromatic rings. The third kappa shape index (κ3) is 4.33. The molecule has 1 N–H and O–H groups in total. The number of anilines is 2. The minimum absolute atomic E-state index is 0.0765. The van der Waals surface area contributed by atoms with Gasteiger partial charge in [-0.1, -0.05) is 65.2 Å². The molecule has 0 unspecified atom stereocenters. The normalized spacial score (nSPS) is 15.0. The molecule has 33 heavy (non-hydrogen) atoms. The number of rotatable bonds is 5. The van der Waals surface area contributed by atoms with Crippen molar-refractivity contribution < 1.29 is 9.18 Å². The van der Waals surface area contributed by atoms with Gasteiger partial charge in [0.1, 0.15) is 18.4 Å². The highest BCUT2D eigenvalue weighted by atomic mass is 35.5. The lowest BCUT2D eigenvalue weighted by Crippen LogP contribution is -2.37. The van der Waals surface area contributed by atoms with Gasteiger partial charge in [0.25, 0.3) is 5.95 Å². The van der Waals surface area contributed by atoms with Gasteiger partial charge >= 0.3 is 0 Å². The number of halogens is 2. The van der Waals surface area contributed by atoms with Gasteiger partial charge in [0, 0.05) is 10.7 Å². The molecule has 1 atom stereocenters. The largest absolute Gasteiger partial charge is 0.324 e. The molecular weight excluding hydrogens is 443 g/mol. The summed E-state index contributed by atoms with van der Waals surface area (Å²) in [6.45, 7) is -0.0765. The molecular formula is C24H18ClFN6O. The maximum absolute atomic E-state index is 13.5. The Morgan fingerprint density at radius 2 is 1.82 bits per heavy atom. The van der Waals surface area contributed by atoms with Gasteiger partial charge in [0.2, 0.25) is 5.91 Å². The van der Waals surface area contributed by atoms with Crippen LogP contribution in [0.5, 0.6) is 0 Å². The number of carbonyl (C=O) groups excluding carboxylic acids is 1. The molecule has 1 aliphatic rings. The average molecular weight is 461 g/mol. The highest BCUT2D eigenvalue weighted by Gasteiger charge is 2.31. The second-order valence-corrected chi connectivity index (χ2v) is 7.92. The van der Waals surface area contributed by atoms with Crippen LogP contribution in [0.3, 0.4) is 0 Å². The summed E-state index contributed by atoms with van der Waals surface area (Å²) in [7, 11) is 0. The van der Waals surface area contributed by atoms with Crippen LogP contribution in [0.25, 0.3) is 5.70 Å². The predicted octanol–water partition coefficient (Wildman–Crippen LogP) is 4.55. The van der Waals surface area contributed by atoms with E-state index in [2.05, 4.69) is 20.8 Å². The molecule has 2 heterocycles. The molecule has 9 heteroatoms. The van der Waals surface area contributed by atoms with E-state index in [0.29, 0.717) is 16.7 Å². The Kier molecular flexibility index (Phi) is 5.58. The number of nitrogens with zero attached hydrogens (tertiary/aromatic N) is 5. The maximum atomic E-state index is 13.5. The maximum Gasteiger partial charge on any atom is 0.251 e. The minimum atomic E-state index is -0.429. The summed E-state index contributed by atoms with van der Waals surface area (Å²) < 4.78 is 15.2. The second-order valence-electron chi connectivity index (χ2n) is 7.48. The predicted molar refractivity (Wildman–Crippen MR) is 124 cm³/mol. The number of tetrazole rings is 1. The first-order valence-corrected chi connectivity index (χ1v) is 10.6. The first-order valence-electron chi connectivity index (χ1n) is 10.2. The minimum Gasteiger partial charge on any atom is -0.324 e. The third-order valence-electron chi connectivity index (χ3n) is 5.28. The first kappa shape index (κ1) is 20.8. The van der Waals surface area contributed by atoms with Crippen LogP contribution in [-0.2, 0) is 4.79 Å². The summed E-state index contributed by atoms with van der Waals surface area (Å²) in [5.74, 6) is -0.346. The first-order chi connectivity index (χ1) is 16.1. The van der Waals surface area contributed by atoms with Gasteiger partial charge in [-0.15, -0.1) is 0 Å². The molecule has 7 nitrogen and oxygen atoms in total. The van der Waals surface area contributed by atoms with Gasteiger partial charge in [0.15, 0.2) is 0 Å². The third-order valence-corrected chi connectivity index (χ3v) is 5.53. The van der Waals surface area contributed by atoms with Crippen molar-refractivity contribution in [2.75, 3.05) is 16.8 Å². The van der Waals surface area contributed by atoms with Crippen molar-refractivity contribution >= 4 is 34.8 Å². The quantitative estimate of drug-likeness (QED) is 0.472. The van der Waals surface area contributed by atoms with Crippen molar-refractivity contribution in [2.45, 2.75) is 6.04 Å². The van der Waals surface area contributed by atoms with Crippen LogP contribution in [0.15, 0.2) is 84.9 Å². The van der Waals surface area contributed by atoms with Gasteiger partial charge in [-0.05, 0) is 58.0 Å². The SMILES string of the molecule is O=C(CN1C(c2ccc(Cl)cc2)=C[C@@H](c2ccccc2)n2nnnc21)Nc1cccc(F)c1. The Hall–Kier alpha value is -4.04. The lowest BCUT2D eigenvalue weighted by atomic mass is 10.0. The number of hydrogen-bond acceptors (Lipinski definition) is 5. The van der Waals surface area contributed by atoms with Crippen molar-refractivity contribution in [3.05, 3.63) is 107 Å². The van der Waals surface area contributed by atoms with Crippen molar-refractivity contribution in [1.29, 1.82) is 0 Å². The molecule has 1 aliphatic heterocycles. The van der Waals surface area contributed by atoms with E-state index in [4.69, 9.17) is 11.6 Å². The zero-order valence-corrected chi connectivity index (χ0v) is 18.0. The molecule has 1 amide bonds. The zero-order valence-electron chi connectivity index (χ0n) is 17.3. The summed E-state index contributed by atoms with van der Waals surface area (Å²) in [6.07, 6.45) is 2.01. The highest BCUT2D eigenvalue weighted by Crippen LogP contribution is 2.36. The summed E-state index contributed by atoms with van der Waals surface area (Å²) >= 11 is 6.10. The highest BCUT2D eigenvalue weighted by molar-refractivity contribution is 6.30. The molecule has 0 saturated carbocycles. The van der Waals surface area contributed by atoms with Gasteiger partial charge in [-0.2, -0.15) is 4.68 Å². The molecule has 0 radical (unpaired) electrons. The van der Waals surface area contributed by atoms with E-state index in [1.54, 1.807) is 27.8 Å². The number of allylic oxidation sites excluding steroid dienone is 1. The molecule has 5 rings (SSSR count). The van der Waals surface area contributed by atoms with E-state index in [9.17, 15) is 9.18 Å². The van der Waals surface area contributed by atoms with Crippen LogP contribution in [0.1, 0.15) is 17.2 Å². The number of hydrogen-bond donors (Lipinski definition) is 1. The molecule has 0 spiro atoms. The number of nitrogens with one attached hydrogen (secondary N) is 1. The Morgan fingerprint density at radius 3 is 2.58 bits per heavy atom. The van der Waals surface area contributed by atoms with Gasteiger partial charge in [0.05, 0.1) is 5.70 Å².